The number of carbonyl (C=O) groups excluding carboxylic acids is 2. The molecule has 0 spiro atoms. The summed E-state index contributed by atoms with van der Waals surface area (Å²) in [7, 11) is 0. The minimum Gasteiger partial charge on any atom is -0.392 e. The molecule has 0 saturated carbocycles. The lowest BCUT2D eigenvalue weighted by Crippen LogP contribution is -2.37. The molecule has 0 bridgehead atoms. The van der Waals surface area contributed by atoms with Crippen molar-refractivity contribution in [2.75, 3.05) is 0 Å². The van der Waals surface area contributed by atoms with E-state index in [0.29, 0.717) is 12.8 Å². The van der Waals surface area contributed by atoms with Gasteiger partial charge in [0.1, 0.15) is 11.6 Å². The van der Waals surface area contributed by atoms with Gasteiger partial charge in [-0.25, -0.2) is 0 Å². The van der Waals surface area contributed by atoms with Crippen LogP contribution < -0.4 is 0 Å². The number of aliphatic hydroxyl groups is 1. The van der Waals surface area contributed by atoms with E-state index < -0.39 is 12.0 Å². The van der Waals surface area contributed by atoms with Crippen molar-refractivity contribution < 1.29 is 19.4 Å². The zero-order chi connectivity index (χ0) is 20.1. The molecule has 1 saturated heterocycles. The van der Waals surface area contributed by atoms with Gasteiger partial charge in [-0.15, -0.1) is 0 Å². The Morgan fingerprint density at radius 2 is 1.81 bits per heavy atom. The molecule has 5 atom stereocenters. The van der Waals surface area contributed by atoms with E-state index >= 15 is 0 Å². The average molecular weight is 375 g/mol. The fourth-order valence-corrected chi connectivity index (χ4v) is 3.89. The standard InChI is InChI=1S/C23H34O4/c1-14-8-6-9-15(2)20(14)13-22(26)17(4)21(25)12-19-10-7-11-23(27-19)16(3)18(5)24/h6,8-9,16-17,19,22-23,26H,7,10-13H2,1-5H3. The lowest BCUT2D eigenvalue weighted by atomic mass is 9.87. The molecule has 0 radical (unpaired) electrons. The Morgan fingerprint density at radius 3 is 2.41 bits per heavy atom. The molecule has 4 heteroatoms. The molecule has 1 heterocycles. The van der Waals surface area contributed by atoms with Crippen molar-refractivity contribution in [2.24, 2.45) is 11.8 Å². The van der Waals surface area contributed by atoms with Crippen LogP contribution in [0.1, 0.15) is 63.1 Å². The Bertz CT molecular complexity index is 646. The number of carbonyl (C=O) groups is 2. The lowest BCUT2D eigenvalue weighted by Gasteiger charge is -2.33. The van der Waals surface area contributed by atoms with Gasteiger partial charge in [0, 0.05) is 18.3 Å². The first-order valence-electron chi connectivity index (χ1n) is 10.1. The quantitative estimate of drug-likeness (QED) is 0.748. The molecule has 1 fully saturated rings. The zero-order valence-electron chi connectivity index (χ0n) is 17.3. The summed E-state index contributed by atoms with van der Waals surface area (Å²) in [6, 6.07) is 6.08. The number of ketones is 2. The van der Waals surface area contributed by atoms with E-state index in [9.17, 15) is 14.7 Å². The highest BCUT2D eigenvalue weighted by Crippen LogP contribution is 2.28. The van der Waals surface area contributed by atoms with Gasteiger partial charge < -0.3 is 9.84 Å². The maximum atomic E-state index is 12.7. The monoisotopic (exact) mass is 374 g/mol. The Balaban J connectivity index is 1.93. The van der Waals surface area contributed by atoms with Crippen molar-refractivity contribution in [3.05, 3.63) is 34.9 Å². The molecule has 150 valence electrons. The third kappa shape index (κ3) is 5.73. The van der Waals surface area contributed by atoms with E-state index in [4.69, 9.17) is 4.74 Å². The molecule has 0 aromatic heterocycles. The smallest absolute Gasteiger partial charge is 0.140 e. The molecular formula is C23H34O4. The van der Waals surface area contributed by atoms with E-state index in [1.807, 2.05) is 39.0 Å². The fraction of sp³-hybridized carbons (Fsp3) is 0.652. The normalized spacial score (nSPS) is 23.5. The second kappa shape index (κ2) is 9.61. The van der Waals surface area contributed by atoms with Crippen LogP contribution in [-0.2, 0) is 20.7 Å². The van der Waals surface area contributed by atoms with Gasteiger partial charge >= 0.3 is 0 Å². The Hall–Kier alpha value is -1.52. The topological polar surface area (TPSA) is 63.6 Å². The lowest BCUT2D eigenvalue weighted by molar-refractivity contribution is -0.138. The molecule has 5 unspecified atom stereocenters. The van der Waals surface area contributed by atoms with Crippen molar-refractivity contribution in [1.29, 1.82) is 0 Å². The van der Waals surface area contributed by atoms with Crippen LogP contribution in [0.15, 0.2) is 18.2 Å². The molecule has 2 rings (SSSR count). The molecule has 1 aromatic carbocycles. The number of hydrogen-bond acceptors (Lipinski definition) is 4. The van der Waals surface area contributed by atoms with E-state index in [1.165, 1.54) is 0 Å². The van der Waals surface area contributed by atoms with Crippen LogP contribution in [-0.4, -0.2) is 35.0 Å². The predicted molar refractivity (Wildman–Crippen MR) is 107 cm³/mol. The molecule has 4 nitrogen and oxygen atoms in total. The van der Waals surface area contributed by atoms with Gasteiger partial charge in [-0.1, -0.05) is 32.0 Å². The first kappa shape index (κ1) is 21.8. The molecule has 1 aromatic rings. The van der Waals surface area contributed by atoms with Crippen LogP contribution in [0.2, 0.25) is 0 Å². The van der Waals surface area contributed by atoms with Crippen LogP contribution >= 0.6 is 0 Å². The number of Topliss-reactive ketones (excluding diaryl/α,β-unsaturated/α-hetero) is 2. The summed E-state index contributed by atoms with van der Waals surface area (Å²) in [5.74, 6) is -0.396. The molecule has 1 aliphatic rings. The summed E-state index contributed by atoms with van der Waals surface area (Å²) >= 11 is 0. The molecular weight excluding hydrogens is 340 g/mol. The van der Waals surface area contributed by atoms with E-state index in [-0.39, 0.29) is 29.7 Å². The summed E-state index contributed by atoms with van der Waals surface area (Å²) < 4.78 is 6.04. The number of aryl methyl sites for hydroxylation is 2. The third-order valence-electron chi connectivity index (χ3n) is 6.15. The third-order valence-corrected chi connectivity index (χ3v) is 6.15. The Kier molecular flexibility index (Phi) is 7.75. The van der Waals surface area contributed by atoms with Crippen molar-refractivity contribution in [2.45, 2.75) is 85.0 Å². The number of ether oxygens (including phenoxy) is 1. The van der Waals surface area contributed by atoms with Crippen molar-refractivity contribution >= 4 is 11.6 Å². The maximum absolute atomic E-state index is 12.7. The van der Waals surface area contributed by atoms with Gasteiger partial charge in [-0.2, -0.15) is 0 Å². The number of benzene rings is 1. The van der Waals surface area contributed by atoms with Crippen molar-refractivity contribution in [3.63, 3.8) is 0 Å². The summed E-state index contributed by atoms with van der Waals surface area (Å²) in [6.07, 6.45) is 2.54. The van der Waals surface area contributed by atoms with Gasteiger partial charge in [-0.05, 0) is 63.1 Å². The minimum atomic E-state index is -0.701. The average Bonchev–Trinajstić information content (AvgIpc) is 2.63. The van der Waals surface area contributed by atoms with Crippen molar-refractivity contribution in [3.8, 4) is 0 Å². The molecule has 27 heavy (non-hydrogen) atoms. The van der Waals surface area contributed by atoms with Crippen molar-refractivity contribution in [1.82, 2.24) is 0 Å². The van der Waals surface area contributed by atoms with Gasteiger partial charge in [0.25, 0.3) is 0 Å². The highest BCUT2D eigenvalue weighted by molar-refractivity contribution is 5.81. The van der Waals surface area contributed by atoms with Gasteiger partial charge in [0.05, 0.1) is 18.3 Å². The minimum absolute atomic E-state index is 0.0369. The van der Waals surface area contributed by atoms with Gasteiger partial charge in [0.2, 0.25) is 0 Å². The fourth-order valence-electron chi connectivity index (χ4n) is 3.89. The summed E-state index contributed by atoms with van der Waals surface area (Å²) in [5.41, 5.74) is 3.41. The second-order valence-corrected chi connectivity index (χ2v) is 8.23. The van der Waals surface area contributed by atoms with Gasteiger partial charge in [0.15, 0.2) is 0 Å². The summed E-state index contributed by atoms with van der Waals surface area (Å²) in [5, 5.41) is 10.6. The van der Waals surface area contributed by atoms with Crippen LogP contribution in [0.3, 0.4) is 0 Å². The Morgan fingerprint density at radius 1 is 1.19 bits per heavy atom. The second-order valence-electron chi connectivity index (χ2n) is 8.23. The van der Waals surface area contributed by atoms with Crippen LogP contribution in [0.25, 0.3) is 0 Å². The molecule has 0 amide bonds. The van der Waals surface area contributed by atoms with Crippen LogP contribution in [0.4, 0.5) is 0 Å². The summed E-state index contributed by atoms with van der Waals surface area (Å²) in [6.45, 7) is 9.36. The molecule has 1 aliphatic heterocycles. The van der Waals surface area contributed by atoms with Gasteiger partial charge in [-0.3, -0.25) is 9.59 Å². The molecule has 0 aliphatic carbocycles. The number of hydrogen-bond donors (Lipinski definition) is 1. The highest BCUT2D eigenvalue weighted by Gasteiger charge is 2.32. The first-order valence-corrected chi connectivity index (χ1v) is 10.1. The van der Waals surface area contributed by atoms with E-state index in [2.05, 4.69) is 0 Å². The predicted octanol–water partition coefficient (Wildman–Crippen LogP) is 3.96. The maximum Gasteiger partial charge on any atom is 0.140 e. The van der Waals surface area contributed by atoms with Crippen LogP contribution in [0.5, 0.6) is 0 Å². The van der Waals surface area contributed by atoms with E-state index in [1.54, 1.807) is 13.8 Å². The van der Waals surface area contributed by atoms with Crippen LogP contribution in [0, 0.1) is 25.7 Å². The SMILES string of the molecule is CC(=O)C(C)C1CCCC(CC(=O)C(C)C(O)Cc2c(C)cccc2C)O1. The van der Waals surface area contributed by atoms with E-state index in [0.717, 1.165) is 36.0 Å². The number of aliphatic hydroxyl groups excluding tert-OH is 1. The Labute approximate surface area is 163 Å². The largest absolute Gasteiger partial charge is 0.392 e. The summed E-state index contributed by atoms with van der Waals surface area (Å²) in [4.78, 5) is 24.3. The zero-order valence-corrected chi connectivity index (χ0v) is 17.3. The first-order chi connectivity index (χ1) is 12.7. The molecule has 1 N–H and O–H groups in total. The number of rotatable bonds is 8. The highest BCUT2D eigenvalue weighted by atomic mass is 16.5.